The second-order valence-corrected chi connectivity index (χ2v) is 10.1. The maximum absolute atomic E-state index is 6.17. The van der Waals surface area contributed by atoms with Gasteiger partial charge in [0.2, 0.25) is 0 Å². The lowest BCUT2D eigenvalue weighted by Crippen LogP contribution is -2.48. The molecule has 3 heteroatoms. The van der Waals surface area contributed by atoms with Crippen LogP contribution in [0, 0.1) is 36.5 Å². The third-order valence-corrected chi connectivity index (χ3v) is 7.74. The summed E-state index contributed by atoms with van der Waals surface area (Å²) in [4.78, 5) is 0. The molecule has 6 rings (SSSR count). The molecule has 0 saturated heterocycles. The van der Waals surface area contributed by atoms with Gasteiger partial charge in [-0.2, -0.15) is 0 Å². The Morgan fingerprint density at radius 2 is 1.53 bits per heavy atom. The largest absolute Gasteiger partial charge is 0.467 e. The highest BCUT2D eigenvalue weighted by Crippen LogP contribution is 2.61. The number of rotatable bonds is 6. The van der Waals surface area contributed by atoms with Crippen molar-refractivity contribution in [1.82, 2.24) is 0 Å². The second-order valence-electron chi connectivity index (χ2n) is 10.1. The average Bonchev–Trinajstić information content (AvgIpc) is 2.78. The maximum atomic E-state index is 6.17. The van der Waals surface area contributed by atoms with E-state index in [1.54, 1.807) is 7.11 Å². The van der Waals surface area contributed by atoms with Crippen molar-refractivity contribution in [3.8, 4) is 17.6 Å². The Hall–Kier alpha value is -2.28. The summed E-state index contributed by atoms with van der Waals surface area (Å²) in [5.74, 6) is 10.3. The first-order valence-corrected chi connectivity index (χ1v) is 11.9. The van der Waals surface area contributed by atoms with E-state index in [1.807, 2.05) is 31.2 Å². The van der Waals surface area contributed by atoms with Gasteiger partial charge < -0.3 is 14.2 Å². The van der Waals surface area contributed by atoms with Crippen LogP contribution in [0.15, 0.2) is 42.5 Å². The molecule has 4 aliphatic rings. The summed E-state index contributed by atoms with van der Waals surface area (Å²) in [7, 11) is 1.64. The lowest BCUT2D eigenvalue weighted by molar-refractivity contribution is -0.150. The molecule has 2 aromatic rings. The molecule has 0 heterocycles. The minimum absolute atomic E-state index is 0.191. The zero-order valence-electron chi connectivity index (χ0n) is 19.2. The zero-order chi connectivity index (χ0) is 22.1. The minimum atomic E-state index is -0.284. The van der Waals surface area contributed by atoms with Gasteiger partial charge in [0, 0.05) is 23.8 Å². The predicted molar refractivity (Wildman–Crippen MR) is 126 cm³/mol. The van der Waals surface area contributed by atoms with E-state index >= 15 is 0 Å². The van der Waals surface area contributed by atoms with E-state index in [2.05, 4.69) is 37.0 Å². The third kappa shape index (κ3) is 4.45. The fraction of sp³-hybridized carbons (Fsp3) is 0.483. The number of methoxy groups -OCH3 is 1. The standard InChI is InChI=1S/C29H33O3/c1-20-4-6-22(7-5-20)8-9-23-10-11-28(32-19-31-21(2)30-3)27(15-23)29-16-24-12-25(17-29)14-26(13-24)18-29/h4-7,10-11,15,21,24-26H,1,12-14,16-19H2,2-3H3. The van der Waals surface area contributed by atoms with Gasteiger partial charge in [0.05, 0.1) is 0 Å². The maximum Gasteiger partial charge on any atom is 0.191 e. The van der Waals surface area contributed by atoms with E-state index in [9.17, 15) is 0 Å². The van der Waals surface area contributed by atoms with Crippen molar-refractivity contribution in [2.75, 3.05) is 13.9 Å². The number of ether oxygens (including phenoxy) is 3. The van der Waals surface area contributed by atoms with Gasteiger partial charge in [-0.1, -0.05) is 24.0 Å². The molecule has 4 fully saturated rings. The Balaban J connectivity index is 1.46. The second kappa shape index (κ2) is 8.93. The summed E-state index contributed by atoms with van der Waals surface area (Å²) >= 11 is 0. The van der Waals surface area contributed by atoms with Crippen molar-refractivity contribution in [1.29, 1.82) is 0 Å². The molecule has 4 aliphatic carbocycles. The molecule has 4 bridgehead atoms. The van der Waals surface area contributed by atoms with Crippen LogP contribution in [0.2, 0.25) is 0 Å². The van der Waals surface area contributed by atoms with Gasteiger partial charge in [0.25, 0.3) is 0 Å². The highest BCUT2D eigenvalue weighted by Gasteiger charge is 2.52. The van der Waals surface area contributed by atoms with Crippen molar-refractivity contribution in [2.24, 2.45) is 17.8 Å². The zero-order valence-corrected chi connectivity index (χ0v) is 19.2. The van der Waals surface area contributed by atoms with Gasteiger partial charge in [0.1, 0.15) is 5.75 Å². The smallest absolute Gasteiger partial charge is 0.191 e. The van der Waals surface area contributed by atoms with Crippen LogP contribution in [0.1, 0.15) is 67.7 Å². The lowest BCUT2D eigenvalue weighted by Gasteiger charge is -2.57. The van der Waals surface area contributed by atoms with Gasteiger partial charge in [-0.3, -0.25) is 0 Å². The van der Waals surface area contributed by atoms with Crippen molar-refractivity contribution in [3.05, 3.63) is 71.6 Å². The van der Waals surface area contributed by atoms with Crippen molar-refractivity contribution in [3.63, 3.8) is 0 Å². The average molecular weight is 430 g/mol. The predicted octanol–water partition coefficient (Wildman–Crippen LogP) is 6.08. The van der Waals surface area contributed by atoms with Crippen LogP contribution in [0.3, 0.4) is 0 Å². The van der Waals surface area contributed by atoms with Crippen LogP contribution in [0.4, 0.5) is 0 Å². The highest BCUT2D eigenvalue weighted by molar-refractivity contribution is 5.51. The van der Waals surface area contributed by atoms with Crippen LogP contribution in [0.25, 0.3) is 0 Å². The normalized spacial score (nSPS) is 28.8. The van der Waals surface area contributed by atoms with Gasteiger partial charge in [-0.25, -0.2) is 0 Å². The molecule has 167 valence electrons. The first-order valence-electron chi connectivity index (χ1n) is 11.9. The van der Waals surface area contributed by atoms with Gasteiger partial charge in [0.15, 0.2) is 13.1 Å². The number of benzene rings is 2. The van der Waals surface area contributed by atoms with E-state index in [-0.39, 0.29) is 18.5 Å². The van der Waals surface area contributed by atoms with Crippen LogP contribution in [-0.4, -0.2) is 20.2 Å². The summed E-state index contributed by atoms with van der Waals surface area (Å²) in [6, 6.07) is 14.5. The molecule has 1 unspecified atom stereocenters. The van der Waals surface area contributed by atoms with Crippen molar-refractivity contribution >= 4 is 0 Å². The summed E-state index contributed by atoms with van der Waals surface area (Å²) in [5, 5.41) is 0. The molecule has 2 aromatic carbocycles. The fourth-order valence-electron chi connectivity index (χ4n) is 6.58. The lowest BCUT2D eigenvalue weighted by atomic mass is 9.48. The Bertz CT molecular complexity index is 976. The van der Waals surface area contributed by atoms with E-state index in [0.717, 1.165) is 40.2 Å². The molecular weight excluding hydrogens is 396 g/mol. The van der Waals surface area contributed by atoms with Crippen LogP contribution < -0.4 is 4.74 Å². The Morgan fingerprint density at radius 1 is 0.938 bits per heavy atom. The topological polar surface area (TPSA) is 27.7 Å². The first-order chi connectivity index (χ1) is 15.5. The van der Waals surface area contributed by atoms with Crippen molar-refractivity contribution in [2.45, 2.75) is 57.2 Å². The molecular formula is C29H33O3. The van der Waals surface area contributed by atoms with E-state index in [0.29, 0.717) is 0 Å². The molecule has 1 radical (unpaired) electrons. The number of hydrogen-bond acceptors (Lipinski definition) is 3. The molecule has 0 aromatic heterocycles. The minimum Gasteiger partial charge on any atom is -0.467 e. The molecule has 0 N–H and O–H groups in total. The summed E-state index contributed by atoms with van der Waals surface area (Å²) in [5.41, 5.74) is 4.63. The van der Waals surface area contributed by atoms with Crippen molar-refractivity contribution < 1.29 is 14.2 Å². The molecule has 4 saturated carbocycles. The molecule has 0 amide bonds. The van der Waals surface area contributed by atoms with Crippen LogP contribution >= 0.6 is 0 Å². The van der Waals surface area contributed by atoms with E-state index in [1.165, 1.54) is 44.1 Å². The summed E-state index contributed by atoms with van der Waals surface area (Å²) in [6.45, 7) is 6.02. The Labute approximate surface area is 192 Å². The molecule has 0 spiro atoms. The first kappa shape index (κ1) is 21.6. The molecule has 32 heavy (non-hydrogen) atoms. The summed E-state index contributed by atoms with van der Waals surface area (Å²) < 4.78 is 17.0. The Morgan fingerprint density at radius 3 is 2.16 bits per heavy atom. The quantitative estimate of drug-likeness (QED) is 0.411. The van der Waals surface area contributed by atoms with Crippen LogP contribution in [0.5, 0.6) is 5.75 Å². The van der Waals surface area contributed by atoms with Crippen LogP contribution in [-0.2, 0) is 14.9 Å². The fourth-order valence-corrected chi connectivity index (χ4v) is 6.58. The van der Waals surface area contributed by atoms with Gasteiger partial charge >= 0.3 is 0 Å². The van der Waals surface area contributed by atoms with E-state index < -0.39 is 0 Å². The number of hydrogen-bond donors (Lipinski definition) is 0. The molecule has 0 aliphatic heterocycles. The highest BCUT2D eigenvalue weighted by atomic mass is 16.7. The summed E-state index contributed by atoms with van der Waals surface area (Å²) in [6.07, 6.45) is 7.84. The Kier molecular flexibility index (Phi) is 6.01. The third-order valence-electron chi connectivity index (χ3n) is 7.74. The monoisotopic (exact) mass is 429 g/mol. The van der Waals surface area contributed by atoms with E-state index in [4.69, 9.17) is 14.2 Å². The van der Waals surface area contributed by atoms with Gasteiger partial charge in [-0.15, -0.1) is 0 Å². The van der Waals surface area contributed by atoms with Gasteiger partial charge in [-0.05, 0) is 111 Å². The molecule has 1 atom stereocenters. The SMILES string of the molecule is [CH2]c1ccc(C#Cc2ccc(OCOC(C)OC)c(C34CC5CC(CC(C5)C3)C4)c2)cc1. The molecule has 3 nitrogen and oxygen atoms in total.